The van der Waals surface area contributed by atoms with E-state index in [4.69, 9.17) is 4.74 Å². The van der Waals surface area contributed by atoms with Gasteiger partial charge in [-0.3, -0.25) is 14.9 Å². The summed E-state index contributed by atoms with van der Waals surface area (Å²) in [6.45, 7) is 0.458. The summed E-state index contributed by atoms with van der Waals surface area (Å²) in [5, 5.41) is 14.6. The average Bonchev–Trinajstić information content (AvgIpc) is 2.79. The van der Waals surface area contributed by atoms with Crippen LogP contribution in [0, 0.1) is 10.1 Å². The van der Waals surface area contributed by atoms with E-state index >= 15 is 0 Å². The molecular formula is C23H21N3O4. The Balaban J connectivity index is 1.65. The first kappa shape index (κ1) is 19.4. The highest BCUT2D eigenvalue weighted by Gasteiger charge is 2.33. The largest absolute Gasteiger partial charge is 0.497 e. The standard InChI is InChI=1S/C23H21N3O4/c1-30-19-11-9-16(10-12-19)13-14-25-22(17-5-4-6-18(15-17)26(28)29)24-21-8-3-2-7-20(21)23(25)27/h2-12,15,22,24H,13-14H2,1H3/t22-/m0/s1. The van der Waals surface area contributed by atoms with Gasteiger partial charge in [0.15, 0.2) is 0 Å². The van der Waals surface area contributed by atoms with Crippen LogP contribution in [0.25, 0.3) is 0 Å². The van der Waals surface area contributed by atoms with Crippen LogP contribution in [0.5, 0.6) is 5.75 Å². The van der Waals surface area contributed by atoms with Crippen molar-refractivity contribution in [2.24, 2.45) is 0 Å². The highest BCUT2D eigenvalue weighted by atomic mass is 16.6. The van der Waals surface area contributed by atoms with E-state index < -0.39 is 11.1 Å². The van der Waals surface area contributed by atoms with E-state index in [0.29, 0.717) is 24.1 Å². The molecule has 0 aromatic heterocycles. The molecule has 7 heteroatoms. The van der Waals surface area contributed by atoms with E-state index in [1.54, 1.807) is 30.2 Å². The Kier molecular flexibility index (Phi) is 5.34. The lowest BCUT2D eigenvalue weighted by Crippen LogP contribution is -2.44. The molecule has 4 rings (SSSR count). The van der Waals surface area contributed by atoms with Gasteiger partial charge in [-0.1, -0.05) is 36.4 Å². The van der Waals surface area contributed by atoms with E-state index in [0.717, 1.165) is 17.0 Å². The maximum atomic E-state index is 13.3. The Labute approximate surface area is 174 Å². The van der Waals surface area contributed by atoms with E-state index in [1.165, 1.54) is 12.1 Å². The number of ether oxygens (including phenoxy) is 1. The van der Waals surface area contributed by atoms with E-state index in [9.17, 15) is 14.9 Å². The highest BCUT2D eigenvalue weighted by Crippen LogP contribution is 2.34. The van der Waals surface area contributed by atoms with Crippen molar-refractivity contribution < 1.29 is 14.5 Å². The molecule has 1 atom stereocenters. The molecule has 0 saturated carbocycles. The number of benzene rings is 3. The lowest BCUT2D eigenvalue weighted by atomic mass is 10.0. The number of non-ortho nitro benzene ring substituents is 1. The highest BCUT2D eigenvalue weighted by molar-refractivity contribution is 6.01. The van der Waals surface area contributed by atoms with Gasteiger partial charge in [0.25, 0.3) is 11.6 Å². The topological polar surface area (TPSA) is 84.7 Å². The summed E-state index contributed by atoms with van der Waals surface area (Å²) in [7, 11) is 1.62. The number of nitrogens with one attached hydrogen (secondary N) is 1. The molecular weight excluding hydrogens is 382 g/mol. The first-order valence-electron chi connectivity index (χ1n) is 9.60. The minimum absolute atomic E-state index is 0.00397. The van der Waals surface area contributed by atoms with Crippen LogP contribution in [0.4, 0.5) is 11.4 Å². The number of hydrogen-bond acceptors (Lipinski definition) is 5. The van der Waals surface area contributed by atoms with Crippen molar-refractivity contribution in [1.82, 2.24) is 4.90 Å². The normalized spacial score (nSPS) is 15.3. The predicted octanol–water partition coefficient (Wildman–Crippen LogP) is 4.41. The lowest BCUT2D eigenvalue weighted by Gasteiger charge is -2.38. The Morgan fingerprint density at radius 3 is 2.57 bits per heavy atom. The van der Waals surface area contributed by atoms with Gasteiger partial charge in [-0.05, 0) is 36.2 Å². The predicted molar refractivity (Wildman–Crippen MR) is 114 cm³/mol. The van der Waals surface area contributed by atoms with Crippen LogP contribution in [0.3, 0.4) is 0 Å². The third-order valence-corrected chi connectivity index (χ3v) is 5.22. The van der Waals surface area contributed by atoms with Crippen LogP contribution in [-0.4, -0.2) is 29.4 Å². The smallest absolute Gasteiger partial charge is 0.269 e. The van der Waals surface area contributed by atoms with Gasteiger partial charge in [0, 0.05) is 29.9 Å². The van der Waals surface area contributed by atoms with Gasteiger partial charge in [-0.15, -0.1) is 0 Å². The lowest BCUT2D eigenvalue weighted by molar-refractivity contribution is -0.384. The zero-order valence-corrected chi connectivity index (χ0v) is 16.4. The van der Waals surface area contributed by atoms with E-state index in [-0.39, 0.29) is 11.6 Å². The molecule has 1 aliphatic heterocycles. The molecule has 0 spiro atoms. The first-order chi connectivity index (χ1) is 14.6. The van der Waals surface area contributed by atoms with Crippen LogP contribution >= 0.6 is 0 Å². The van der Waals surface area contributed by atoms with Crippen LogP contribution in [0.15, 0.2) is 72.8 Å². The average molecular weight is 403 g/mol. The summed E-state index contributed by atoms with van der Waals surface area (Å²) >= 11 is 0. The summed E-state index contributed by atoms with van der Waals surface area (Å²) < 4.78 is 5.20. The van der Waals surface area contributed by atoms with Crippen molar-refractivity contribution in [3.05, 3.63) is 99.6 Å². The fourth-order valence-electron chi connectivity index (χ4n) is 3.64. The monoisotopic (exact) mass is 403 g/mol. The maximum Gasteiger partial charge on any atom is 0.269 e. The van der Waals surface area contributed by atoms with Crippen molar-refractivity contribution >= 4 is 17.3 Å². The van der Waals surface area contributed by atoms with Crippen LogP contribution in [0.1, 0.15) is 27.7 Å². The molecule has 3 aromatic carbocycles. The number of fused-ring (bicyclic) bond motifs is 1. The van der Waals surface area contributed by atoms with E-state index in [2.05, 4.69) is 5.32 Å². The molecule has 1 N–H and O–H groups in total. The quantitative estimate of drug-likeness (QED) is 0.487. The number of rotatable bonds is 6. The van der Waals surface area contributed by atoms with Crippen LogP contribution in [0.2, 0.25) is 0 Å². The first-order valence-corrected chi connectivity index (χ1v) is 9.60. The molecule has 3 aromatic rings. The second-order valence-electron chi connectivity index (χ2n) is 7.04. The maximum absolute atomic E-state index is 13.3. The summed E-state index contributed by atoms with van der Waals surface area (Å²) in [5.41, 5.74) is 3.05. The Bertz CT molecular complexity index is 1080. The van der Waals surface area contributed by atoms with Gasteiger partial charge in [-0.2, -0.15) is 0 Å². The number of nitro groups is 1. The molecule has 0 saturated heterocycles. The van der Waals surface area contributed by atoms with Crippen molar-refractivity contribution in [3.63, 3.8) is 0 Å². The van der Waals surface area contributed by atoms with Gasteiger partial charge < -0.3 is 15.0 Å². The number of methoxy groups -OCH3 is 1. The Morgan fingerprint density at radius 1 is 1.07 bits per heavy atom. The molecule has 7 nitrogen and oxygen atoms in total. The zero-order valence-electron chi connectivity index (χ0n) is 16.4. The molecule has 0 radical (unpaired) electrons. The SMILES string of the molecule is COc1ccc(CCN2C(=O)c3ccccc3N[C@@H]2c2cccc([N+](=O)[O-])c2)cc1. The molecule has 1 heterocycles. The van der Waals surface area contributed by atoms with E-state index in [1.807, 2.05) is 42.5 Å². The number of carbonyl (C=O) groups excluding carboxylic acids is 1. The second-order valence-corrected chi connectivity index (χ2v) is 7.04. The summed E-state index contributed by atoms with van der Waals surface area (Å²) in [6.07, 6.45) is 0.149. The van der Waals surface area contributed by atoms with Gasteiger partial charge >= 0.3 is 0 Å². The summed E-state index contributed by atoms with van der Waals surface area (Å²) in [5.74, 6) is 0.673. The van der Waals surface area contributed by atoms with Gasteiger partial charge in [0.05, 0.1) is 17.6 Å². The molecule has 0 unspecified atom stereocenters. The van der Waals surface area contributed by atoms with Gasteiger partial charge in [-0.25, -0.2) is 0 Å². The number of para-hydroxylation sites is 1. The molecule has 0 fully saturated rings. The van der Waals surface area contributed by atoms with Crippen LogP contribution in [-0.2, 0) is 6.42 Å². The number of anilines is 1. The van der Waals surface area contributed by atoms with Crippen molar-refractivity contribution in [1.29, 1.82) is 0 Å². The molecule has 1 aliphatic rings. The third-order valence-electron chi connectivity index (χ3n) is 5.22. The molecule has 152 valence electrons. The molecule has 0 aliphatic carbocycles. The second kappa shape index (κ2) is 8.24. The fraction of sp³-hybridized carbons (Fsp3) is 0.174. The Hall–Kier alpha value is -3.87. The van der Waals surface area contributed by atoms with Gasteiger partial charge in [0.2, 0.25) is 0 Å². The van der Waals surface area contributed by atoms with Crippen molar-refractivity contribution in [3.8, 4) is 5.75 Å². The van der Waals surface area contributed by atoms with Gasteiger partial charge in [0.1, 0.15) is 11.9 Å². The Morgan fingerprint density at radius 2 is 1.83 bits per heavy atom. The number of hydrogen-bond donors (Lipinski definition) is 1. The molecule has 0 bridgehead atoms. The third kappa shape index (κ3) is 3.82. The number of nitrogens with zero attached hydrogens (tertiary/aromatic N) is 2. The minimum Gasteiger partial charge on any atom is -0.497 e. The zero-order chi connectivity index (χ0) is 21.1. The van der Waals surface area contributed by atoms with Crippen molar-refractivity contribution in [2.45, 2.75) is 12.6 Å². The minimum atomic E-state index is -0.495. The number of carbonyl (C=O) groups is 1. The fourth-order valence-corrected chi connectivity index (χ4v) is 3.64. The molecule has 1 amide bonds. The number of amides is 1. The number of nitro benzene ring substituents is 1. The van der Waals surface area contributed by atoms with Crippen LogP contribution < -0.4 is 10.1 Å². The summed E-state index contributed by atoms with van der Waals surface area (Å²) in [6, 6.07) is 21.4. The molecule has 30 heavy (non-hydrogen) atoms. The summed E-state index contributed by atoms with van der Waals surface area (Å²) in [4.78, 5) is 25.8. The van der Waals surface area contributed by atoms with Crippen molar-refractivity contribution in [2.75, 3.05) is 19.0 Å².